The summed E-state index contributed by atoms with van der Waals surface area (Å²) >= 11 is 0. The second kappa shape index (κ2) is 8.88. The van der Waals surface area contributed by atoms with Crippen molar-refractivity contribution in [3.8, 4) is 11.4 Å². The molecule has 12 heteroatoms. The van der Waals surface area contributed by atoms with Crippen LogP contribution in [0.2, 0.25) is 0 Å². The average molecular weight is 487 g/mol. The number of benzene rings is 2. The number of nitrogens with one attached hydrogen (secondary N) is 2. The van der Waals surface area contributed by atoms with Gasteiger partial charge in [-0.3, -0.25) is 10.2 Å². The van der Waals surface area contributed by atoms with Crippen molar-refractivity contribution in [2.45, 2.75) is 18.2 Å². The molecule has 2 heterocycles. The molecule has 1 fully saturated rings. The fourth-order valence-electron chi connectivity index (χ4n) is 3.54. The lowest BCUT2D eigenvalue weighted by molar-refractivity contribution is 0.101. The highest BCUT2D eigenvalue weighted by Gasteiger charge is 2.24. The van der Waals surface area contributed by atoms with E-state index in [-0.39, 0.29) is 33.5 Å². The lowest BCUT2D eigenvalue weighted by Crippen LogP contribution is -2.42. The number of aromatic nitrogens is 2. The first-order chi connectivity index (χ1) is 16.1. The molecule has 0 aliphatic carbocycles. The maximum atomic E-state index is 14.7. The van der Waals surface area contributed by atoms with E-state index in [1.165, 1.54) is 43.5 Å². The molecule has 0 radical (unpaired) electrons. The Balaban J connectivity index is 1.67. The highest BCUT2D eigenvalue weighted by atomic mass is 32.2. The Labute approximate surface area is 195 Å². The summed E-state index contributed by atoms with van der Waals surface area (Å²) in [5.74, 6) is -0.921. The molecule has 1 saturated heterocycles. The van der Waals surface area contributed by atoms with Crippen molar-refractivity contribution in [3.63, 3.8) is 0 Å². The van der Waals surface area contributed by atoms with E-state index in [2.05, 4.69) is 10.4 Å². The molecule has 1 aliphatic heterocycles. The molecule has 3 aromatic rings. The van der Waals surface area contributed by atoms with E-state index in [1.54, 1.807) is 13.0 Å². The summed E-state index contributed by atoms with van der Waals surface area (Å²) in [7, 11) is -2.81. The third-order valence-corrected chi connectivity index (χ3v) is 6.37. The van der Waals surface area contributed by atoms with Crippen LogP contribution in [0.3, 0.4) is 0 Å². The number of nitrogens with two attached hydrogens (primary N) is 1. The monoisotopic (exact) mass is 486 g/mol. The van der Waals surface area contributed by atoms with Crippen LogP contribution in [0, 0.1) is 18.2 Å². The van der Waals surface area contributed by atoms with Crippen LogP contribution in [-0.4, -0.2) is 55.0 Å². The molecule has 178 valence electrons. The number of nitrogens with zero attached hydrogens (tertiary/aromatic N) is 3. The summed E-state index contributed by atoms with van der Waals surface area (Å²) in [4.78, 5) is 14.6. The van der Waals surface area contributed by atoms with Gasteiger partial charge in [-0.15, -0.1) is 0 Å². The van der Waals surface area contributed by atoms with Crippen LogP contribution >= 0.6 is 0 Å². The Hall–Kier alpha value is -3.77. The van der Waals surface area contributed by atoms with Crippen LogP contribution in [0.5, 0.6) is 5.75 Å². The van der Waals surface area contributed by atoms with Gasteiger partial charge in [-0.1, -0.05) is 0 Å². The fraction of sp³-hybridized carbons (Fsp3) is 0.227. The maximum absolute atomic E-state index is 14.7. The Morgan fingerprint density at radius 3 is 2.53 bits per heavy atom. The number of methoxy groups -OCH3 is 1. The number of rotatable bonds is 6. The second-order valence-electron chi connectivity index (χ2n) is 7.80. The number of sulfonamides is 1. The number of hydrogen-bond acceptors (Lipinski definition) is 6. The van der Waals surface area contributed by atoms with E-state index in [0.29, 0.717) is 11.3 Å². The first-order valence-corrected chi connectivity index (χ1v) is 11.9. The minimum atomic E-state index is -4.19. The van der Waals surface area contributed by atoms with Crippen LogP contribution < -0.4 is 15.2 Å². The zero-order valence-corrected chi connectivity index (χ0v) is 19.3. The van der Waals surface area contributed by atoms with E-state index in [0.717, 1.165) is 24.2 Å². The average Bonchev–Trinajstić information content (AvgIpc) is 3.14. The predicted molar refractivity (Wildman–Crippen MR) is 124 cm³/mol. The minimum Gasteiger partial charge on any atom is -0.497 e. The van der Waals surface area contributed by atoms with Gasteiger partial charge in [0.25, 0.3) is 5.91 Å². The summed E-state index contributed by atoms with van der Waals surface area (Å²) in [5, 5.41) is 20.2. The Kier molecular flexibility index (Phi) is 6.11. The first-order valence-electron chi connectivity index (χ1n) is 10.3. The van der Waals surface area contributed by atoms with Crippen molar-refractivity contribution in [2.75, 3.05) is 25.5 Å². The molecule has 10 nitrogen and oxygen atoms in total. The molecule has 1 amide bonds. The van der Waals surface area contributed by atoms with Crippen molar-refractivity contribution in [3.05, 3.63) is 65.2 Å². The third kappa shape index (κ3) is 4.50. The number of halogens is 1. The molecule has 0 atom stereocenters. The number of primary sulfonamides is 1. The smallest absolute Gasteiger partial charge is 0.274 e. The molecule has 1 aliphatic rings. The van der Waals surface area contributed by atoms with Crippen molar-refractivity contribution in [1.29, 1.82) is 5.41 Å². The quantitative estimate of drug-likeness (QED) is 0.360. The van der Waals surface area contributed by atoms with Gasteiger partial charge in [0.05, 0.1) is 24.2 Å². The molecule has 2 aromatic carbocycles. The van der Waals surface area contributed by atoms with E-state index in [9.17, 15) is 17.6 Å². The highest BCUT2D eigenvalue weighted by molar-refractivity contribution is 7.89. The summed E-state index contributed by atoms with van der Waals surface area (Å²) in [6, 6.07) is 9.74. The van der Waals surface area contributed by atoms with Crippen molar-refractivity contribution in [2.24, 2.45) is 5.14 Å². The molecular formula is C22H23FN6O4S. The van der Waals surface area contributed by atoms with Gasteiger partial charge in [-0.2, -0.15) is 5.10 Å². The van der Waals surface area contributed by atoms with Crippen LogP contribution in [0.15, 0.2) is 47.4 Å². The van der Waals surface area contributed by atoms with Crippen molar-refractivity contribution in [1.82, 2.24) is 14.7 Å². The largest absolute Gasteiger partial charge is 0.497 e. The number of likely N-dealkylation sites (tertiary alicyclic amines) is 1. The molecular weight excluding hydrogens is 463 g/mol. The van der Waals surface area contributed by atoms with Gasteiger partial charge in [0.1, 0.15) is 28.0 Å². The van der Waals surface area contributed by atoms with Gasteiger partial charge < -0.3 is 15.0 Å². The number of carbonyl (C=O) groups excluding carboxylic acids is 1. The van der Waals surface area contributed by atoms with Gasteiger partial charge in [0, 0.05) is 24.7 Å². The van der Waals surface area contributed by atoms with E-state index >= 15 is 0 Å². The second-order valence-corrected chi connectivity index (χ2v) is 9.33. The SMILES string of the molecule is COc1ccc(-n2nc(C)cc2C(=O)Nc2ccc(C(=N)N3CCC3)cc2F)c(S(N)(=O)=O)c1. The maximum Gasteiger partial charge on any atom is 0.274 e. The fourth-order valence-corrected chi connectivity index (χ4v) is 4.27. The van der Waals surface area contributed by atoms with Gasteiger partial charge in [-0.05, 0) is 49.7 Å². The zero-order valence-electron chi connectivity index (χ0n) is 18.5. The minimum absolute atomic E-state index is 0.0237. The number of amides is 1. The van der Waals surface area contributed by atoms with Crippen molar-refractivity contribution >= 4 is 27.5 Å². The summed E-state index contributed by atoms with van der Waals surface area (Å²) in [6.07, 6.45) is 0.994. The lowest BCUT2D eigenvalue weighted by atomic mass is 10.1. The van der Waals surface area contributed by atoms with Crippen LogP contribution in [0.4, 0.5) is 10.1 Å². The molecule has 0 saturated carbocycles. The molecule has 1 aromatic heterocycles. The molecule has 0 bridgehead atoms. The molecule has 34 heavy (non-hydrogen) atoms. The Morgan fingerprint density at radius 1 is 1.21 bits per heavy atom. The number of hydrogen-bond donors (Lipinski definition) is 3. The number of ether oxygens (including phenoxy) is 1. The summed E-state index contributed by atoms with van der Waals surface area (Å²) in [6.45, 7) is 3.15. The van der Waals surface area contributed by atoms with Crippen molar-refractivity contribution < 1.29 is 22.3 Å². The Bertz CT molecular complexity index is 1400. The zero-order chi connectivity index (χ0) is 24.6. The van der Waals surface area contributed by atoms with E-state index in [1.807, 2.05) is 4.90 Å². The van der Waals surface area contributed by atoms with Crippen LogP contribution in [0.1, 0.15) is 28.2 Å². The molecule has 4 rings (SSSR count). The Morgan fingerprint density at radius 2 is 1.94 bits per heavy atom. The topological polar surface area (TPSA) is 143 Å². The first kappa shape index (κ1) is 23.4. The third-order valence-electron chi connectivity index (χ3n) is 5.43. The van der Waals surface area contributed by atoms with Gasteiger partial charge in [0.15, 0.2) is 0 Å². The normalized spacial score (nSPS) is 13.4. The summed E-state index contributed by atoms with van der Waals surface area (Å²) < 4.78 is 45.3. The lowest BCUT2D eigenvalue weighted by Gasteiger charge is -2.33. The van der Waals surface area contributed by atoms with Crippen LogP contribution in [-0.2, 0) is 10.0 Å². The van der Waals surface area contributed by atoms with E-state index < -0.39 is 21.7 Å². The summed E-state index contributed by atoms with van der Waals surface area (Å²) in [5.41, 5.74) is 0.772. The standard InChI is InChI=1S/C22H23FN6O4S/c1-13-10-19(29(27-13)18-7-5-15(33-2)12-20(18)34(25,31)32)22(30)26-17-6-4-14(11-16(17)23)21(24)28-8-3-9-28/h4-7,10-12,24H,3,8-9H2,1-2H3,(H,26,30)(H2,25,31,32). The van der Waals surface area contributed by atoms with Gasteiger partial charge in [0.2, 0.25) is 10.0 Å². The predicted octanol–water partition coefficient (Wildman–Crippen LogP) is 2.26. The number of carbonyl (C=O) groups is 1. The van der Waals surface area contributed by atoms with Crippen LogP contribution in [0.25, 0.3) is 5.69 Å². The number of anilines is 1. The van der Waals surface area contributed by atoms with Gasteiger partial charge >= 0.3 is 0 Å². The van der Waals surface area contributed by atoms with E-state index in [4.69, 9.17) is 15.3 Å². The molecule has 0 unspecified atom stereocenters. The molecule has 0 spiro atoms. The highest BCUT2D eigenvalue weighted by Crippen LogP contribution is 2.26. The van der Waals surface area contributed by atoms with Gasteiger partial charge in [-0.25, -0.2) is 22.6 Å². The number of amidine groups is 1. The number of aryl methyl sites for hydroxylation is 1. The molecule has 4 N–H and O–H groups in total.